The monoisotopic (exact) mass is 275 g/mol. The Kier molecular flexibility index (Phi) is 3.77. The van der Waals surface area contributed by atoms with Crippen LogP contribution in [0.4, 0.5) is 4.39 Å². The van der Waals surface area contributed by atoms with E-state index in [1.54, 1.807) is 12.1 Å². The van der Waals surface area contributed by atoms with Crippen LogP contribution in [0.2, 0.25) is 0 Å². The standard InChI is InChI=1S/C17H22FNO/c1-11(16-9-13-2-5-14(16)8-13)19-17(20)10-12-3-6-15(18)7-4-12/h3-4,6-7,11,13-14,16H,2,5,8-10H2,1H3,(H,19,20)/t11-,13-,14-,16+/m1/s1. The third kappa shape index (κ3) is 2.87. The number of hydrogen-bond donors (Lipinski definition) is 1. The number of benzene rings is 1. The summed E-state index contributed by atoms with van der Waals surface area (Å²) in [5.74, 6) is 2.17. The quantitative estimate of drug-likeness (QED) is 0.897. The second kappa shape index (κ2) is 5.55. The molecule has 2 saturated carbocycles. The molecule has 0 aliphatic heterocycles. The highest BCUT2D eigenvalue weighted by atomic mass is 19.1. The highest BCUT2D eigenvalue weighted by Gasteiger charge is 2.42. The van der Waals surface area contributed by atoms with E-state index >= 15 is 0 Å². The summed E-state index contributed by atoms with van der Waals surface area (Å²) < 4.78 is 12.8. The molecule has 1 aromatic carbocycles. The largest absolute Gasteiger partial charge is 0.353 e. The van der Waals surface area contributed by atoms with Crippen LogP contribution in [0.5, 0.6) is 0 Å². The normalized spacial score (nSPS) is 29.4. The van der Waals surface area contributed by atoms with Crippen LogP contribution in [0, 0.1) is 23.6 Å². The van der Waals surface area contributed by atoms with E-state index in [2.05, 4.69) is 12.2 Å². The van der Waals surface area contributed by atoms with Crippen molar-refractivity contribution in [1.82, 2.24) is 5.32 Å². The SMILES string of the molecule is C[C@@H](NC(=O)Cc1ccc(F)cc1)[C@@H]1C[C@@H]2CC[C@@H]1C2. The lowest BCUT2D eigenvalue weighted by Crippen LogP contribution is -2.40. The molecule has 2 aliphatic carbocycles. The van der Waals surface area contributed by atoms with Crippen molar-refractivity contribution in [2.75, 3.05) is 0 Å². The third-order valence-corrected chi connectivity index (χ3v) is 5.10. The van der Waals surface area contributed by atoms with Gasteiger partial charge in [-0.2, -0.15) is 0 Å². The van der Waals surface area contributed by atoms with Crippen molar-refractivity contribution in [2.45, 2.75) is 45.1 Å². The molecule has 20 heavy (non-hydrogen) atoms. The van der Waals surface area contributed by atoms with Gasteiger partial charge in [-0.05, 0) is 61.6 Å². The topological polar surface area (TPSA) is 29.1 Å². The number of nitrogens with one attached hydrogen (secondary N) is 1. The maximum atomic E-state index is 12.8. The minimum Gasteiger partial charge on any atom is -0.353 e. The Balaban J connectivity index is 1.52. The van der Waals surface area contributed by atoms with E-state index in [1.165, 1.54) is 37.8 Å². The average Bonchev–Trinajstić information content (AvgIpc) is 3.03. The maximum absolute atomic E-state index is 12.8. The van der Waals surface area contributed by atoms with Gasteiger partial charge in [-0.25, -0.2) is 4.39 Å². The molecule has 3 rings (SSSR count). The van der Waals surface area contributed by atoms with Crippen LogP contribution < -0.4 is 5.32 Å². The predicted molar refractivity (Wildman–Crippen MR) is 76.6 cm³/mol. The molecule has 0 heterocycles. The molecule has 1 amide bonds. The molecule has 1 N–H and O–H groups in total. The maximum Gasteiger partial charge on any atom is 0.224 e. The second-order valence-corrected chi connectivity index (χ2v) is 6.50. The first-order valence-corrected chi connectivity index (χ1v) is 7.65. The molecule has 4 atom stereocenters. The fourth-order valence-electron chi connectivity index (χ4n) is 4.11. The number of carbonyl (C=O) groups excluding carboxylic acids is 1. The summed E-state index contributed by atoms with van der Waals surface area (Å²) in [5, 5.41) is 3.14. The molecule has 0 radical (unpaired) electrons. The lowest BCUT2D eigenvalue weighted by atomic mass is 9.84. The molecule has 108 valence electrons. The lowest BCUT2D eigenvalue weighted by molar-refractivity contribution is -0.121. The summed E-state index contributed by atoms with van der Waals surface area (Å²) in [6.07, 6.45) is 5.71. The minimum atomic E-state index is -0.260. The molecule has 2 fully saturated rings. The van der Waals surface area contributed by atoms with E-state index in [1.807, 2.05) is 0 Å². The van der Waals surface area contributed by atoms with Crippen LogP contribution in [-0.4, -0.2) is 11.9 Å². The van der Waals surface area contributed by atoms with Gasteiger partial charge in [0.05, 0.1) is 6.42 Å². The van der Waals surface area contributed by atoms with Crippen molar-refractivity contribution in [2.24, 2.45) is 17.8 Å². The summed E-state index contributed by atoms with van der Waals surface area (Å²) in [4.78, 5) is 12.1. The van der Waals surface area contributed by atoms with E-state index in [4.69, 9.17) is 0 Å². The summed E-state index contributed by atoms with van der Waals surface area (Å²) in [5.41, 5.74) is 0.865. The van der Waals surface area contributed by atoms with Crippen molar-refractivity contribution >= 4 is 5.91 Å². The fourth-order valence-corrected chi connectivity index (χ4v) is 4.11. The van der Waals surface area contributed by atoms with Crippen molar-refractivity contribution in [1.29, 1.82) is 0 Å². The number of fused-ring (bicyclic) bond motifs is 2. The predicted octanol–water partition coefficient (Wildman–Crippen LogP) is 3.31. The van der Waals surface area contributed by atoms with Gasteiger partial charge >= 0.3 is 0 Å². The van der Waals surface area contributed by atoms with Crippen molar-refractivity contribution < 1.29 is 9.18 Å². The lowest BCUT2D eigenvalue weighted by Gasteiger charge is -2.28. The van der Waals surface area contributed by atoms with E-state index in [-0.39, 0.29) is 17.8 Å². The van der Waals surface area contributed by atoms with Gasteiger partial charge in [-0.1, -0.05) is 18.6 Å². The molecule has 0 unspecified atom stereocenters. The minimum absolute atomic E-state index is 0.0480. The summed E-state index contributed by atoms with van der Waals surface area (Å²) in [6.45, 7) is 2.13. The fraction of sp³-hybridized carbons (Fsp3) is 0.588. The number of rotatable bonds is 4. The number of hydrogen-bond acceptors (Lipinski definition) is 1. The van der Waals surface area contributed by atoms with Crippen LogP contribution in [0.3, 0.4) is 0 Å². The third-order valence-electron chi connectivity index (χ3n) is 5.10. The molecular formula is C17H22FNO. The molecular weight excluding hydrogens is 253 g/mol. The number of carbonyl (C=O) groups is 1. The second-order valence-electron chi connectivity index (χ2n) is 6.50. The zero-order valence-electron chi connectivity index (χ0n) is 11.9. The number of halogens is 1. The van der Waals surface area contributed by atoms with Crippen LogP contribution >= 0.6 is 0 Å². The molecule has 2 aliphatic rings. The number of amides is 1. The van der Waals surface area contributed by atoms with Gasteiger partial charge in [-0.3, -0.25) is 4.79 Å². The van der Waals surface area contributed by atoms with Gasteiger partial charge in [0.2, 0.25) is 5.91 Å². The first kappa shape index (κ1) is 13.6. The van der Waals surface area contributed by atoms with Crippen molar-refractivity contribution in [3.8, 4) is 0 Å². The summed E-state index contributed by atoms with van der Waals surface area (Å²) >= 11 is 0. The van der Waals surface area contributed by atoms with Crippen molar-refractivity contribution in [3.63, 3.8) is 0 Å². The Morgan fingerprint density at radius 1 is 1.30 bits per heavy atom. The van der Waals surface area contributed by atoms with Crippen LogP contribution in [0.15, 0.2) is 24.3 Å². The molecule has 0 saturated heterocycles. The Hall–Kier alpha value is -1.38. The van der Waals surface area contributed by atoms with E-state index < -0.39 is 0 Å². The summed E-state index contributed by atoms with van der Waals surface area (Å²) in [7, 11) is 0. The molecule has 3 heteroatoms. The Bertz CT molecular complexity index is 484. The smallest absolute Gasteiger partial charge is 0.224 e. The highest BCUT2D eigenvalue weighted by molar-refractivity contribution is 5.78. The zero-order valence-corrected chi connectivity index (χ0v) is 11.9. The van der Waals surface area contributed by atoms with Gasteiger partial charge in [0.25, 0.3) is 0 Å². The Morgan fingerprint density at radius 3 is 2.65 bits per heavy atom. The van der Waals surface area contributed by atoms with Gasteiger partial charge < -0.3 is 5.32 Å². The van der Waals surface area contributed by atoms with Gasteiger partial charge in [0.1, 0.15) is 5.82 Å². The van der Waals surface area contributed by atoms with Crippen LogP contribution in [-0.2, 0) is 11.2 Å². The zero-order chi connectivity index (χ0) is 14.1. The van der Waals surface area contributed by atoms with Crippen molar-refractivity contribution in [3.05, 3.63) is 35.6 Å². The molecule has 2 bridgehead atoms. The Morgan fingerprint density at radius 2 is 2.05 bits per heavy atom. The van der Waals surface area contributed by atoms with Gasteiger partial charge in [-0.15, -0.1) is 0 Å². The van der Waals surface area contributed by atoms with Gasteiger partial charge in [0.15, 0.2) is 0 Å². The first-order chi connectivity index (χ1) is 9.61. The average molecular weight is 275 g/mol. The molecule has 1 aromatic rings. The molecule has 2 nitrogen and oxygen atoms in total. The summed E-state index contributed by atoms with van der Waals surface area (Å²) in [6, 6.07) is 6.43. The van der Waals surface area contributed by atoms with E-state index in [9.17, 15) is 9.18 Å². The van der Waals surface area contributed by atoms with E-state index in [0.29, 0.717) is 12.3 Å². The molecule has 0 aromatic heterocycles. The van der Waals surface area contributed by atoms with Crippen LogP contribution in [0.1, 0.15) is 38.2 Å². The van der Waals surface area contributed by atoms with Gasteiger partial charge in [0, 0.05) is 6.04 Å². The Labute approximate surface area is 119 Å². The van der Waals surface area contributed by atoms with Crippen LogP contribution in [0.25, 0.3) is 0 Å². The van der Waals surface area contributed by atoms with E-state index in [0.717, 1.165) is 17.4 Å². The first-order valence-electron chi connectivity index (χ1n) is 7.65. The highest BCUT2D eigenvalue weighted by Crippen LogP contribution is 2.49. The molecule has 0 spiro atoms.